The molecule has 2 aliphatic rings. The average Bonchev–Trinajstić information content (AvgIpc) is 3.17. The number of amides is 2. The topological polar surface area (TPSA) is 128 Å². The van der Waals surface area contributed by atoms with E-state index in [4.69, 9.17) is 15.1 Å². The van der Waals surface area contributed by atoms with Crippen LogP contribution in [0.5, 0.6) is 0 Å². The molecule has 9 heteroatoms. The molecule has 2 fully saturated rings. The van der Waals surface area contributed by atoms with Gasteiger partial charge in [0.05, 0.1) is 12.0 Å². The summed E-state index contributed by atoms with van der Waals surface area (Å²) in [5.41, 5.74) is 2.74. The van der Waals surface area contributed by atoms with Crippen LogP contribution in [0.15, 0.2) is 30.3 Å². The summed E-state index contributed by atoms with van der Waals surface area (Å²) in [6.45, 7) is 1.27. The number of carbonyl (C=O) groups is 3. The number of likely N-dealkylation sites (tertiary alicyclic amines) is 1. The van der Waals surface area contributed by atoms with Crippen LogP contribution >= 0.6 is 0 Å². The molecule has 4 N–H and O–H groups in total. The molecule has 3 rings (SSSR count). The average molecular weight is 377 g/mol. The van der Waals surface area contributed by atoms with Gasteiger partial charge in [-0.2, -0.15) is 0 Å². The number of piperidine rings is 1. The van der Waals surface area contributed by atoms with Crippen molar-refractivity contribution < 1.29 is 29.4 Å². The molecule has 0 saturated carbocycles. The van der Waals surface area contributed by atoms with Gasteiger partial charge < -0.3 is 20.1 Å². The molecule has 146 valence electrons. The molecule has 1 aromatic rings. The lowest BCUT2D eigenvalue weighted by atomic mass is 9.87. The Morgan fingerprint density at radius 2 is 1.96 bits per heavy atom. The minimum absolute atomic E-state index is 0.0258. The van der Waals surface area contributed by atoms with E-state index in [1.165, 1.54) is 5.56 Å². The fraction of sp³-hybridized carbons (Fsp3) is 0.500. The zero-order chi connectivity index (χ0) is 19.4. The standard InChI is InChI=1S/C18H23N3O6/c22-16(20-26)14-8-13(27-18(24)25)9-19-15(14)17(23)21-7-6-12(10-21)11-4-2-1-3-5-11/h1-5,12-15,19,26H,6-10H2,(H,20,22)(H,24,25)/t12-,13+,14-,15-/m0/s1. The van der Waals surface area contributed by atoms with Crippen LogP contribution in [0.1, 0.15) is 24.3 Å². The fourth-order valence-corrected chi connectivity index (χ4v) is 3.89. The molecule has 2 saturated heterocycles. The molecule has 0 aromatic heterocycles. The van der Waals surface area contributed by atoms with Crippen LogP contribution in [0.4, 0.5) is 4.79 Å². The predicted octanol–water partition coefficient (Wildman–Crippen LogP) is 0.549. The second-order valence-electron chi connectivity index (χ2n) is 6.89. The molecule has 27 heavy (non-hydrogen) atoms. The number of benzene rings is 1. The Morgan fingerprint density at radius 3 is 2.63 bits per heavy atom. The molecule has 0 spiro atoms. The molecule has 0 radical (unpaired) electrons. The van der Waals surface area contributed by atoms with Crippen LogP contribution in [0, 0.1) is 5.92 Å². The van der Waals surface area contributed by atoms with Crippen molar-refractivity contribution in [1.82, 2.24) is 15.7 Å². The number of hydroxylamine groups is 1. The van der Waals surface area contributed by atoms with E-state index in [1.54, 1.807) is 10.4 Å². The molecule has 4 atom stereocenters. The van der Waals surface area contributed by atoms with Crippen LogP contribution in [-0.4, -0.2) is 65.0 Å². The van der Waals surface area contributed by atoms with Crippen molar-refractivity contribution in [3.05, 3.63) is 35.9 Å². The van der Waals surface area contributed by atoms with Crippen molar-refractivity contribution in [2.45, 2.75) is 30.9 Å². The van der Waals surface area contributed by atoms with E-state index >= 15 is 0 Å². The van der Waals surface area contributed by atoms with Gasteiger partial charge in [0.1, 0.15) is 6.10 Å². The third-order valence-electron chi connectivity index (χ3n) is 5.24. The van der Waals surface area contributed by atoms with Crippen molar-refractivity contribution in [3.8, 4) is 0 Å². The fourth-order valence-electron chi connectivity index (χ4n) is 3.89. The third-order valence-corrected chi connectivity index (χ3v) is 5.24. The molecule has 2 aliphatic heterocycles. The van der Waals surface area contributed by atoms with E-state index in [-0.39, 0.29) is 24.8 Å². The quantitative estimate of drug-likeness (QED) is 0.343. The molecule has 0 bridgehead atoms. The molecule has 0 aliphatic carbocycles. The summed E-state index contributed by atoms with van der Waals surface area (Å²) in [7, 11) is 0. The summed E-state index contributed by atoms with van der Waals surface area (Å²) in [4.78, 5) is 37.5. The normalized spacial score (nSPS) is 27.8. The number of hydrogen-bond acceptors (Lipinski definition) is 6. The zero-order valence-corrected chi connectivity index (χ0v) is 14.7. The monoisotopic (exact) mass is 377 g/mol. The van der Waals surface area contributed by atoms with Crippen molar-refractivity contribution in [1.29, 1.82) is 0 Å². The summed E-state index contributed by atoms with van der Waals surface area (Å²) >= 11 is 0. The molecule has 9 nitrogen and oxygen atoms in total. The number of ether oxygens (including phenoxy) is 1. The predicted molar refractivity (Wildman–Crippen MR) is 93.1 cm³/mol. The summed E-state index contributed by atoms with van der Waals surface area (Å²) in [5, 5.41) is 20.7. The van der Waals surface area contributed by atoms with E-state index in [2.05, 4.69) is 5.32 Å². The molecule has 2 heterocycles. The highest BCUT2D eigenvalue weighted by Gasteiger charge is 2.43. The number of rotatable bonds is 4. The van der Waals surface area contributed by atoms with Crippen molar-refractivity contribution in [2.75, 3.05) is 19.6 Å². The third kappa shape index (κ3) is 4.37. The number of hydrogen-bond donors (Lipinski definition) is 4. The van der Waals surface area contributed by atoms with E-state index in [9.17, 15) is 14.4 Å². The van der Waals surface area contributed by atoms with Crippen molar-refractivity contribution >= 4 is 18.0 Å². The van der Waals surface area contributed by atoms with Crippen LogP contribution in [0.25, 0.3) is 0 Å². The van der Waals surface area contributed by atoms with E-state index in [0.29, 0.717) is 13.1 Å². The lowest BCUT2D eigenvalue weighted by Crippen LogP contribution is -2.59. The van der Waals surface area contributed by atoms with Crippen LogP contribution in [0.2, 0.25) is 0 Å². The Hall–Kier alpha value is -2.65. The molecular formula is C18H23N3O6. The van der Waals surface area contributed by atoms with Crippen molar-refractivity contribution in [2.24, 2.45) is 5.92 Å². The van der Waals surface area contributed by atoms with Gasteiger partial charge in [0.15, 0.2) is 0 Å². The Bertz CT molecular complexity index is 698. The summed E-state index contributed by atoms with van der Waals surface area (Å²) < 4.78 is 4.71. The molecular weight excluding hydrogens is 354 g/mol. The Morgan fingerprint density at radius 1 is 1.22 bits per heavy atom. The van der Waals surface area contributed by atoms with Gasteiger partial charge >= 0.3 is 6.16 Å². The highest BCUT2D eigenvalue weighted by molar-refractivity contribution is 5.90. The maximum atomic E-state index is 13.0. The van der Waals surface area contributed by atoms with Gasteiger partial charge in [-0.15, -0.1) is 0 Å². The lowest BCUT2D eigenvalue weighted by Gasteiger charge is -2.36. The minimum Gasteiger partial charge on any atom is -0.450 e. The zero-order valence-electron chi connectivity index (χ0n) is 14.7. The number of carboxylic acid groups (broad SMARTS) is 1. The van der Waals surface area contributed by atoms with Gasteiger partial charge in [-0.3, -0.25) is 14.8 Å². The Labute approximate surface area is 156 Å². The lowest BCUT2D eigenvalue weighted by molar-refractivity contribution is -0.145. The minimum atomic E-state index is -1.44. The number of nitrogens with zero attached hydrogens (tertiary/aromatic N) is 1. The van der Waals surface area contributed by atoms with E-state index in [0.717, 1.165) is 6.42 Å². The maximum Gasteiger partial charge on any atom is 0.506 e. The number of nitrogens with one attached hydrogen (secondary N) is 2. The second-order valence-corrected chi connectivity index (χ2v) is 6.89. The van der Waals surface area contributed by atoms with Crippen LogP contribution < -0.4 is 10.8 Å². The van der Waals surface area contributed by atoms with Gasteiger partial charge in [-0.1, -0.05) is 30.3 Å². The first-order valence-electron chi connectivity index (χ1n) is 8.90. The highest BCUT2D eigenvalue weighted by Crippen LogP contribution is 2.29. The first kappa shape index (κ1) is 19.1. The summed E-state index contributed by atoms with van der Waals surface area (Å²) in [6, 6.07) is 9.11. The summed E-state index contributed by atoms with van der Waals surface area (Å²) in [5.74, 6) is -1.64. The van der Waals surface area contributed by atoms with Gasteiger partial charge in [-0.05, 0) is 18.4 Å². The van der Waals surface area contributed by atoms with Crippen LogP contribution in [-0.2, 0) is 14.3 Å². The van der Waals surface area contributed by atoms with Gasteiger partial charge in [-0.25, -0.2) is 10.3 Å². The smallest absolute Gasteiger partial charge is 0.450 e. The number of carbonyl (C=O) groups excluding carboxylic acids is 2. The van der Waals surface area contributed by atoms with E-state index in [1.807, 2.05) is 30.3 Å². The Balaban J connectivity index is 1.67. The van der Waals surface area contributed by atoms with E-state index < -0.39 is 30.1 Å². The van der Waals surface area contributed by atoms with Gasteiger partial charge in [0.2, 0.25) is 11.8 Å². The summed E-state index contributed by atoms with van der Waals surface area (Å²) in [6.07, 6.45) is -1.34. The maximum absolute atomic E-state index is 13.0. The second kappa shape index (κ2) is 8.36. The molecule has 2 amide bonds. The molecule has 1 aromatic carbocycles. The van der Waals surface area contributed by atoms with Gasteiger partial charge in [0, 0.05) is 25.6 Å². The Kier molecular flexibility index (Phi) is 5.92. The first-order valence-corrected chi connectivity index (χ1v) is 8.90. The van der Waals surface area contributed by atoms with Crippen molar-refractivity contribution in [3.63, 3.8) is 0 Å². The largest absolute Gasteiger partial charge is 0.506 e. The first-order chi connectivity index (χ1) is 13.0. The molecule has 0 unspecified atom stereocenters. The highest BCUT2D eigenvalue weighted by atomic mass is 16.7. The van der Waals surface area contributed by atoms with Gasteiger partial charge in [0.25, 0.3) is 0 Å². The van der Waals surface area contributed by atoms with Crippen LogP contribution in [0.3, 0.4) is 0 Å². The SMILES string of the molecule is O=C(O)O[C@H]1CN[C@H](C(=O)N2CC[C@H](c3ccccc3)C2)[C@@H](C(=O)NO)C1.